The van der Waals surface area contributed by atoms with Crippen molar-refractivity contribution in [2.75, 3.05) is 37.0 Å². The lowest BCUT2D eigenvalue weighted by Gasteiger charge is -2.11. The summed E-state index contributed by atoms with van der Waals surface area (Å²) in [5.74, 6) is -1.36. The predicted molar refractivity (Wildman–Crippen MR) is 130 cm³/mol. The van der Waals surface area contributed by atoms with Crippen molar-refractivity contribution in [1.82, 2.24) is 4.90 Å². The lowest BCUT2D eigenvalue weighted by Crippen LogP contribution is -2.24. The molecule has 0 aliphatic rings. The average Bonchev–Trinajstić information content (AvgIpc) is 3.21. The molecule has 2 amide bonds. The van der Waals surface area contributed by atoms with E-state index in [1.165, 1.54) is 28.2 Å². The predicted octanol–water partition coefficient (Wildman–Crippen LogP) is 4.60. The Hall–Kier alpha value is -3.30. The van der Waals surface area contributed by atoms with Crippen molar-refractivity contribution < 1.29 is 19.1 Å². The molecule has 0 bridgehead atoms. The summed E-state index contributed by atoms with van der Waals surface area (Å²) < 4.78 is 8.20. The molecule has 7 nitrogen and oxygen atoms in total. The third kappa shape index (κ3) is 5.89. The minimum absolute atomic E-state index is 0.228. The van der Waals surface area contributed by atoms with Crippen molar-refractivity contribution in [1.29, 1.82) is 0 Å². The van der Waals surface area contributed by atoms with Gasteiger partial charge in [0.05, 0.1) is 11.1 Å². The first kappa shape index (κ1) is 23.4. The summed E-state index contributed by atoms with van der Waals surface area (Å²) >= 11 is 2.70. The lowest BCUT2D eigenvalue weighted by atomic mass is 10.1. The number of benzene rings is 2. The van der Waals surface area contributed by atoms with Gasteiger partial charge >= 0.3 is 5.97 Å². The summed E-state index contributed by atoms with van der Waals surface area (Å²) in [6, 6.07) is 18.2. The van der Waals surface area contributed by atoms with Crippen molar-refractivity contribution in [3.63, 3.8) is 0 Å². The second kappa shape index (κ2) is 10.8. The quantitative estimate of drug-likeness (QED) is 0.370. The van der Waals surface area contributed by atoms with E-state index < -0.39 is 18.5 Å². The van der Waals surface area contributed by atoms with E-state index >= 15 is 0 Å². The monoisotopic (exact) mass is 469 g/mol. The zero-order valence-corrected chi connectivity index (χ0v) is 19.5. The van der Waals surface area contributed by atoms with Crippen LogP contribution in [0, 0.1) is 0 Å². The van der Waals surface area contributed by atoms with Crippen LogP contribution in [0.25, 0.3) is 10.4 Å². The topological polar surface area (TPSA) is 87.7 Å². The first-order chi connectivity index (χ1) is 15.4. The van der Waals surface area contributed by atoms with E-state index in [4.69, 9.17) is 4.74 Å². The third-order valence-corrected chi connectivity index (χ3v) is 5.87. The normalized spacial score (nSPS) is 10.3. The molecule has 32 heavy (non-hydrogen) atoms. The molecule has 0 atom stereocenters. The average molecular weight is 470 g/mol. The van der Waals surface area contributed by atoms with Gasteiger partial charge in [-0.15, -0.1) is 11.3 Å². The number of ether oxygens (including phenoxy) is 1. The van der Waals surface area contributed by atoms with Crippen LogP contribution in [0.5, 0.6) is 0 Å². The van der Waals surface area contributed by atoms with E-state index in [1.54, 1.807) is 38.4 Å². The Bertz CT molecular complexity index is 1110. The van der Waals surface area contributed by atoms with Crippen molar-refractivity contribution in [2.24, 2.45) is 0 Å². The minimum atomic E-state index is -0.606. The Morgan fingerprint density at radius 3 is 2.47 bits per heavy atom. The van der Waals surface area contributed by atoms with Gasteiger partial charge in [0.2, 0.25) is 0 Å². The molecule has 9 heteroatoms. The van der Waals surface area contributed by atoms with Crippen LogP contribution in [0.2, 0.25) is 0 Å². The Labute approximate surface area is 194 Å². The maximum atomic E-state index is 12.6. The highest BCUT2D eigenvalue weighted by molar-refractivity contribution is 7.99. The zero-order valence-electron chi connectivity index (χ0n) is 17.9. The van der Waals surface area contributed by atoms with Crippen LogP contribution in [0.4, 0.5) is 10.7 Å². The van der Waals surface area contributed by atoms with Gasteiger partial charge in [-0.05, 0) is 29.8 Å². The number of nitrogens with one attached hydrogen (secondary N) is 2. The van der Waals surface area contributed by atoms with Crippen LogP contribution < -0.4 is 10.0 Å². The Balaban J connectivity index is 1.71. The summed E-state index contributed by atoms with van der Waals surface area (Å²) in [4.78, 5) is 39.7. The first-order valence-electron chi connectivity index (χ1n) is 9.66. The number of hydrogen-bond donors (Lipinski definition) is 2. The summed E-state index contributed by atoms with van der Waals surface area (Å²) in [6.45, 7) is -0.465. The number of anilines is 2. The van der Waals surface area contributed by atoms with Gasteiger partial charge in [0.15, 0.2) is 6.61 Å². The van der Waals surface area contributed by atoms with Crippen LogP contribution in [-0.4, -0.2) is 49.6 Å². The molecule has 0 unspecified atom stereocenters. The molecule has 166 valence electrons. The molecule has 0 fully saturated rings. The molecule has 3 rings (SSSR count). The SMILES string of the molecule is CSNc1cccc(C(=O)OCC(=O)Nc2sc(-c3ccccc3)cc2C(=O)N(C)C)c1. The maximum absolute atomic E-state index is 12.6. The van der Waals surface area contributed by atoms with Crippen LogP contribution in [0.15, 0.2) is 60.7 Å². The van der Waals surface area contributed by atoms with E-state index in [1.807, 2.05) is 42.7 Å². The molecule has 1 heterocycles. The molecule has 0 spiro atoms. The van der Waals surface area contributed by atoms with Gasteiger partial charge in [-0.3, -0.25) is 9.59 Å². The van der Waals surface area contributed by atoms with Crippen molar-refractivity contribution in [3.8, 4) is 10.4 Å². The minimum Gasteiger partial charge on any atom is -0.452 e. The van der Waals surface area contributed by atoms with E-state index in [9.17, 15) is 14.4 Å². The van der Waals surface area contributed by atoms with Crippen molar-refractivity contribution in [3.05, 3.63) is 71.8 Å². The Kier molecular flexibility index (Phi) is 7.91. The lowest BCUT2D eigenvalue weighted by molar-refractivity contribution is -0.119. The van der Waals surface area contributed by atoms with Gasteiger partial charge in [0.1, 0.15) is 5.00 Å². The summed E-state index contributed by atoms with van der Waals surface area (Å²) in [5, 5.41) is 3.13. The number of esters is 1. The van der Waals surface area contributed by atoms with E-state index in [0.29, 0.717) is 16.1 Å². The molecule has 0 aliphatic carbocycles. The second-order valence-corrected chi connectivity index (χ2v) is 8.59. The van der Waals surface area contributed by atoms with Gasteiger partial charge in [0, 0.05) is 30.9 Å². The highest BCUT2D eigenvalue weighted by Gasteiger charge is 2.21. The van der Waals surface area contributed by atoms with Crippen LogP contribution in [-0.2, 0) is 9.53 Å². The number of carbonyl (C=O) groups is 3. The molecule has 0 aliphatic heterocycles. The third-order valence-electron chi connectivity index (χ3n) is 4.33. The number of carbonyl (C=O) groups excluding carboxylic acids is 3. The van der Waals surface area contributed by atoms with Gasteiger partial charge in [-0.25, -0.2) is 4.79 Å². The largest absolute Gasteiger partial charge is 0.452 e. The van der Waals surface area contributed by atoms with E-state index in [0.717, 1.165) is 16.1 Å². The van der Waals surface area contributed by atoms with Gasteiger partial charge in [-0.2, -0.15) is 0 Å². The maximum Gasteiger partial charge on any atom is 0.338 e. The fourth-order valence-corrected chi connectivity index (χ4v) is 4.27. The van der Waals surface area contributed by atoms with E-state index in [2.05, 4.69) is 10.0 Å². The van der Waals surface area contributed by atoms with Gasteiger partial charge < -0.3 is 19.7 Å². The van der Waals surface area contributed by atoms with Gasteiger partial charge in [0.25, 0.3) is 11.8 Å². The van der Waals surface area contributed by atoms with Crippen LogP contribution >= 0.6 is 23.3 Å². The van der Waals surface area contributed by atoms with Crippen molar-refractivity contribution in [2.45, 2.75) is 0 Å². The fraction of sp³-hybridized carbons (Fsp3) is 0.174. The fourth-order valence-electron chi connectivity index (χ4n) is 2.83. The molecular formula is C23H23N3O4S2. The highest BCUT2D eigenvalue weighted by atomic mass is 32.2. The molecule has 1 aromatic heterocycles. The highest BCUT2D eigenvalue weighted by Crippen LogP contribution is 2.36. The molecule has 2 N–H and O–H groups in total. The smallest absolute Gasteiger partial charge is 0.338 e. The molecule has 0 saturated heterocycles. The number of thiophene rings is 1. The Morgan fingerprint density at radius 1 is 1.03 bits per heavy atom. The van der Waals surface area contributed by atoms with Crippen LogP contribution in [0.1, 0.15) is 20.7 Å². The first-order valence-corrected chi connectivity index (χ1v) is 11.7. The van der Waals surface area contributed by atoms with E-state index in [-0.39, 0.29) is 5.91 Å². The molecule has 0 radical (unpaired) electrons. The zero-order chi connectivity index (χ0) is 23.1. The van der Waals surface area contributed by atoms with Gasteiger partial charge in [-0.1, -0.05) is 48.3 Å². The second-order valence-electron chi connectivity index (χ2n) is 6.93. The standard InChI is InChI=1S/C23H23N3O4S2/c1-26(2)22(28)18-13-19(15-8-5-4-6-9-15)32-21(18)24-20(27)14-30-23(29)16-10-7-11-17(12-16)25-31-3/h4-13,25H,14H2,1-3H3,(H,24,27). The molecule has 0 saturated carbocycles. The summed E-state index contributed by atoms with van der Waals surface area (Å²) in [7, 11) is 3.30. The number of rotatable bonds is 8. The summed E-state index contributed by atoms with van der Waals surface area (Å²) in [5.41, 5.74) is 2.42. The molecular weight excluding hydrogens is 446 g/mol. The number of hydrogen-bond acceptors (Lipinski definition) is 7. The molecule has 2 aromatic carbocycles. The number of amides is 2. The molecule has 3 aromatic rings. The number of nitrogens with zero attached hydrogens (tertiary/aromatic N) is 1. The summed E-state index contributed by atoms with van der Waals surface area (Å²) in [6.07, 6.45) is 1.87. The van der Waals surface area contributed by atoms with Crippen LogP contribution in [0.3, 0.4) is 0 Å². The van der Waals surface area contributed by atoms with Crippen molar-refractivity contribution >= 4 is 51.8 Å². The Morgan fingerprint density at radius 2 is 1.78 bits per heavy atom.